The second-order valence-electron chi connectivity index (χ2n) is 5.26. The summed E-state index contributed by atoms with van der Waals surface area (Å²) in [5.74, 6) is -0.271. The fraction of sp³-hybridized carbons (Fsp3) is 0.235. The molecule has 0 aliphatic carbocycles. The number of carbonyl (C=O) groups is 1. The van der Waals surface area contributed by atoms with Gasteiger partial charge in [0, 0.05) is 27.5 Å². The molecule has 1 aromatic carbocycles. The van der Waals surface area contributed by atoms with Crippen LogP contribution >= 0.6 is 11.3 Å². The minimum Gasteiger partial charge on any atom is -0.466 e. The maximum absolute atomic E-state index is 11.4. The van der Waals surface area contributed by atoms with Gasteiger partial charge in [0.05, 0.1) is 24.9 Å². The number of aryl methyl sites for hydroxylation is 1. The summed E-state index contributed by atoms with van der Waals surface area (Å²) >= 11 is 1.40. The maximum atomic E-state index is 11.4. The molecule has 0 aliphatic rings. The molecule has 0 saturated heterocycles. The number of ether oxygens (including phenoxy) is 1. The van der Waals surface area contributed by atoms with Gasteiger partial charge in [0.25, 0.3) is 0 Å². The van der Waals surface area contributed by atoms with Gasteiger partial charge in [-0.05, 0) is 26.0 Å². The second kappa shape index (κ2) is 7.27. The van der Waals surface area contributed by atoms with Gasteiger partial charge in [-0.3, -0.25) is 10.2 Å². The number of thiazole rings is 1. The van der Waals surface area contributed by atoms with E-state index in [0.717, 1.165) is 22.2 Å². The standard InChI is InChI=1S/C17H18N4O2S/c1-3-23-16(22)8-13-10-24-17(20-13)21-18-9-12-5-4-6-15-14(12)7-11(2)19-15/h4-7,9-10,19H,3,8H2,1-2H3,(H,20,21). The molecule has 3 rings (SSSR count). The highest BCUT2D eigenvalue weighted by atomic mass is 32.1. The molecule has 0 spiro atoms. The molecule has 124 valence electrons. The van der Waals surface area contributed by atoms with E-state index in [1.807, 2.05) is 30.5 Å². The van der Waals surface area contributed by atoms with Crippen LogP contribution in [0.2, 0.25) is 0 Å². The summed E-state index contributed by atoms with van der Waals surface area (Å²) in [6.07, 6.45) is 1.94. The Labute approximate surface area is 143 Å². The third-order valence-corrected chi connectivity index (χ3v) is 4.17. The number of rotatable bonds is 6. The third-order valence-electron chi connectivity index (χ3n) is 3.38. The Morgan fingerprint density at radius 1 is 1.50 bits per heavy atom. The van der Waals surface area contributed by atoms with Gasteiger partial charge in [0.1, 0.15) is 0 Å². The van der Waals surface area contributed by atoms with Crippen molar-refractivity contribution in [3.05, 3.63) is 46.6 Å². The van der Waals surface area contributed by atoms with Crippen molar-refractivity contribution < 1.29 is 9.53 Å². The Morgan fingerprint density at radius 3 is 3.21 bits per heavy atom. The monoisotopic (exact) mass is 342 g/mol. The normalized spacial score (nSPS) is 11.2. The molecule has 0 fully saturated rings. The molecule has 0 bridgehead atoms. The molecule has 0 radical (unpaired) electrons. The first-order valence-corrected chi connectivity index (χ1v) is 8.51. The number of H-pyrrole nitrogens is 1. The molecule has 0 saturated carbocycles. The minimum absolute atomic E-state index is 0.178. The number of fused-ring (bicyclic) bond motifs is 1. The van der Waals surface area contributed by atoms with Gasteiger partial charge in [-0.2, -0.15) is 5.10 Å². The van der Waals surface area contributed by atoms with Crippen LogP contribution in [0.3, 0.4) is 0 Å². The zero-order valence-corrected chi connectivity index (χ0v) is 14.3. The molecule has 0 amide bonds. The first-order valence-electron chi connectivity index (χ1n) is 7.63. The number of esters is 1. The van der Waals surface area contributed by atoms with Crippen molar-refractivity contribution in [2.75, 3.05) is 12.0 Å². The summed E-state index contributed by atoms with van der Waals surface area (Å²) in [6.45, 7) is 4.19. The highest BCUT2D eigenvalue weighted by Crippen LogP contribution is 2.19. The van der Waals surface area contributed by atoms with Crippen LogP contribution in [0.5, 0.6) is 0 Å². The van der Waals surface area contributed by atoms with Crippen molar-refractivity contribution >= 4 is 39.6 Å². The van der Waals surface area contributed by atoms with Gasteiger partial charge in [-0.25, -0.2) is 4.98 Å². The van der Waals surface area contributed by atoms with Crippen molar-refractivity contribution in [2.24, 2.45) is 5.10 Å². The SMILES string of the molecule is CCOC(=O)Cc1csc(NN=Cc2cccc3[nH]c(C)cc23)n1. The van der Waals surface area contributed by atoms with Gasteiger partial charge >= 0.3 is 5.97 Å². The van der Waals surface area contributed by atoms with Gasteiger partial charge < -0.3 is 9.72 Å². The zero-order chi connectivity index (χ0) is 16.9. The lowest BCUT2D eigenvalue weighted by atomic mass is 10.1. The third kappa shape index (κ3) is 3.80. The maximum Gasteiger partial charge on any atom is 0.311 e. The second-order valence-corrected chi connectivity index (χ2v) is 6.11. The highest BCUT2D eigenvalue weighted by Gasteiger charge is 2.08. The number of carbonyl (C=O) groups excluding carboxylic acids is 1. The number of hydrogen-bond donors (Lipinski definition) is 2. The summed E-state index contributed by atoms with van der Waals surface area (Å²) in [5, 5.41) is 7.84. The summed E-state index contributed by atoms with van der Waals surface area (Å²) in [4.78, 5) is 19.1. The van der Waals surface area contributed by atoms with Crippen molar-refractivity contribution in [3.8, 4) is 0 Å². The fourth-order valence-corrected chi connectivity index (χ4v) is 3.05. The summed E-state index contributed by atoms with van der Waals surface area (Å²) in [7, 11) is 0. The van der Waals surface area contributed by atoms with Gasteiger partial charge in [0.15, 0.2) is 0 Å². The highest BCUT2D eigenvalue weighted by molar-refractivity contribution is 7.13. The number of anilines is 1. The van der Waals surface area contributed by atoms with E-state index in [-0.39, 0.29) is 12.4 Å². The van der Waals surface area contributed by atoms with E-state index in [0.29, 0.717) is 17.4 Å². The molecule has 24 heavy (non-hydrogen) atoms. The lowest BCUT2D eigenvalue weighted by Crippen LogP contribution is -2.07. The van der Waals surface area contributed by atoms with Crippen molar-refractivity contribution in [1.82, 2.24) is 9.97 Å². The minimum atomic E-state index is -0.271. The largest absolute Gasteiger partial charge is 0.466 e. The molecule has 7 heteroatoms. The van der Waals surface area contributed by atoms with E-state index in [9.17, 15) is 4.79 Å². The van der Waals surface area contributed by atoms with Gasteiger partial charge in [-0.15, -0.1) is 11.3 Å². The van der Waals surface area contributed by atoms with Crippen LogP contribution < -0.4 is 5.43 Å². The van der Waals surface area contributed by atoms with Gasteiger partial charge in [0.2, 0.25) is 5.13 Å². The summed E-state index contributed by atoms with van der Waals surface area (Å²) in [5.41, 5.74) is 6.80. The number of nitrogens with zero attached hydrogens (tertiary/aromatic N) is 2. The number of benzene rings is 1. The molecule has 0 aliphatic heterocycles. The molecule has 0 atom stereocenters. The molecule has 3 aromatic rings. The van der Waals surface area contributed by atoms with E-state index in [4.69, 9.17) is 4.74 Å². The van der Waals surface area contributed by atoms with Crippen LogP contribution in [0.4, 0.5) is 5.13 Å². The molecular formula is C17H18N4O2S. The number of hydrazone groups is 1. The Morgan fingerprint density at radius 2 is 2.38 bits per heavy atom. The Hall–Kier alpha value is -2.67. The Balaban J connectivity index is 1.66. The van der Waals surface area contributed by atoms with E-state index in [1.165, 1.54) is 11.3 Å². The topological polar surface area (TPSA) is 79.4 Å². The van der Waals surface area contributed by atoms with Crippen LogP contribution in [-0.4, -0.2) is 28.8 Å². The molecule has 6 nitrogen and oxygen atoms in total. The van der Waals surface area contributed by atoms with Gasteiger partial charge in [-0.1, -0.05) is 12.1 Å². The van der Waals surface area contributed by atoms with E-state index in [1.54, 1.807) is 13.1 Å². The van der Waals surface area contributed by atoms with Crippen LogP contribution in [0.25, 0.3) is 10.9 Å². The van der Waals surface area contributed by atoms with Crippen LogP contribution in [0.1, 0.15) is 23.9 Å². The number of aromatic amines is 1. The first-order chi connectivity index (χ1) is 11.7. The number of aromatic nitrogens is 2. The van der Waals surface area contributed by atoms with Crippen LogP contribution in [-0.2, 0) is 16.0 Å². The average molecular weight is 342 g/mol. The predicted octanol–water partition coefficient (Wildman–Crippen LogP) is 3.48. The van der Waals surface area contributed by atoms with Crippen LogP contribution in [0, 0.1) is 6.92 Å². The molecule has 2 N–H and O–H groups in total. The molecule has 2 heterocycles. The molecule has 2 aromatic heterocycles. The number of nitrogens with one attached hydrogen (secondary N) is 2. The van der Waals surface area contributed by atoms with E-state index >= 15 is 0 Å². The van der Waals surface area contributed by atoms with E-state index < -0.39 is 0 Å². The first kappa shape index (κ1) is 16.2. The Bertz CT molecular complexity index is 882. The predicted molar refractivity (Wildman–Crippen MR) is 96.7 cm³/mol. The Kier molecular flexibility index (Phi) is 4.90. The van der Waals surface area contributed by atoms with E-state index in [2.05, 4.69) is 26.6 Å². The van der Waals surface area contributed by atoms with Crippen LogP contribution in [0.15, 0.2) is 34.7 Å². The average Bonchev–Trinajstić information content (AvgIpc) is 3.13. The summed E-state index contributed by atoms with van der Waals surface area (Å²) in [6, 6.07) is 8.13. The lowest BCUT2D eigenvalue weighted by Gasteiger charge is -1.98. The van der Waals surface area contributed by atoms with Crippen molar-refractivity contribution in [1.29, 1.82) is 0 Å². The zero-order valence-electron chi connectivity index (χ0n) is 13.5. The quantitative estimate of drug-likeness (QED) is 0.408. The molecule has 0 unspecified atom stereocenters. The van der Waals surface area contributed by atoms with Crippen molar-refractivity contribution in [2.45, 2.75) is 20.3 Å². The molecular weight excluding hydrogens is 324 g/mol. The lowest BCUT2D eigenvalue weighted by molar-refractivity contribution is -0.142. The van der Waals surface area contributed by atoms with Crippen molar-refractivity contribution in [3.63, 3.8) is 0 Å². The number of hydrogen-bond acceptors (Lipinski definition) is 6. The summed E-state index contributed by atoms with van der Waals surface area (Å²) < 4.78 is 4.91. The smallest absolute Gasteiger partial charge is 0.311 e. The fourth-order valence-electron chi connectivity index (χ4n) is 2.39.